The molecule has 0 unspecified atom stereocenters. The molecule has 0 radical (unpaired) electrons. The molecule has 0 aliphatic rings. The fourth-order valence-electron chi connectivity index (χ4n) is 1.22. The van der Waals surface area contributed by atoms with Gasteiger partial charge in [-0.2, -0.15) is 0 Å². The van der Waals surface area contributed by atoms with Crippen LogP contribution in [0.4, 0.5) is 0 Å². The van der Waals surface area contributed by atoms with Gasteiger partial charge in [0.15, 0.2) is 5.15 Å². The van der Waals surface area contributed by atoms with Crippen LogP contribution in [0, 0.1) is 0 Å². The van der Waals surface area contributed by atoms with E-state index in [1.54, 1.807) is 6.33 Å². The predicted octanol–water partition coefficient (Wildman–Crippen LogP) is 2.75. The summed E-state index contributed by atoms with van der Waals surface area (Å²) < 4.78 is 1.96. The van der Waals surface area contributed by atoms with Crippen LogP contribution in [-0.2, 0) is 12.5 Å². The summed E-state index contributed by atoms with van der Waals surface area (Å²) in [5, 5.41) is 1.47. The monoisotopic (exact) mass is 250 g/mol. The number of aryl methyl sites for hydroxylation is 1. The summed E-state index contributed by atoms with van der Waals surface area (Å²) in [6, 6.07) is 0. The van der Waals surface area contributed by atoms with Crippen molar-refractivity contribution in [1.82, 2.24) is 9.55 Å². The summed E-state index contributed by atoms with van der Waals surface area (Å²) in [4.78, 5) is 4.04. The Hall–Kier alpha value is -0.0200. The van der Waals surface area contributed by atoms with E-state index in [9.17, 15) is 0 Å². The fraction of sp³-hybridized carbons (Fsp3) is 0.625. The normalized spacial score (nSPS) is 12.1. The molecule has 0 aliphatic carbocycles. The molecule has 1 rings (SSSR count). The molecule has 0 amide bonds. The first-order valence-electron chi connectivity index (χ1n) is 3.72. The number of hydrogen-bond acceptors (Lipinski definition) is 1. The first-order valence-corrected chi connectivity index (χ1v) is 5.22. The molecule has 2 nitrogen and oxygen atoms in total. The van der Waals surface area contributed by atoms with E-state index in [1.807, 2.05) is 11.6 Å². The highest BCUT2D eigenvalue weighted by molar-refractivity contribution is 9.09. The highest BCUT2D eigenvalue weighted by Gasteiger charge is 2.25. The minimum Gasteiger partial charge on any atom is -0.336 e. The van der Waals surface area contributed by atoms with Crippen LogP contribution in [0.5, 0.6) is 0 Å². The van der Waals surface area contributed by atoms with Gasteiger partial charge in [-0.05, 0) is 0 Å². The number of alkyl halides is 1. The molecule has 12 heavy (non-hydrogen) atoms. The van der Waals surface area contributed by atoms with Gasteiger partial charge in [-0.3, -0.25) is 0 Å². The third-order valence-corrected chi connectivity index (χ3v) is 3.55. The van der Waals surface area contributed by atoms with Gasteiger partial charge in [-0.1, -0.05) is 41.4 Å². The Bertz CT molecular complexity index is 261. The highest BCUT2D eigenvalue weighted by Crippen LogP contribution is 2.29. The number of halogens is 2. The molecule has 1 heterocycles. The lowest BCUT2D eigenvalue weighted by Crippen LogP contribution is -2.22. The van der Waals surface area contributed by atoms with Gasteiger partial charge in [0.25, 0.3) is 0 Å². The first-order chi connectivity index (χ1) is 5.49. The minimum absolute atomic E-state index is 0.0301. The minimum atomic E-state index is 0.0301. The molecule has 0 bridgehead atoms. The van der Waals surface area contributed by atoms with Crippen molar-refractivity contribution in [2.24, 2.45) is 7.05 Å². The number of imidazole rings is 1. The van der Waals surface area contributed by atoms with Crippen molar-refractivity contribution in [1.29, 1.82) is 0 Å². The third kappa shape index (κ3) is 1.67. The van der Waals surface area contributed by atoms with Crippen molar-refractivity contribution < 1.29 is 0 Å². The number of rotatable bonds is 2. The van der Waals surface area contributed by atoms with Gasteiger partial charge < -0.3 is 4.57 Å². The SMILES string of the molecule is Cn1cnc(Cl)c1C(C)(C)CBr. The predicted molar refractivity (Wildman–Crippen MR) is 55.0 cm³/mol. The standard InChI is InChI=1S/C8H12BrClN2/c1-8(2,4-9)6-7(10)11-5-12(6)3/h5H,4H2,1-3H3. The smallest absolute Gasteiger partial charge is 0.150 e. The van der Waals surface area contributed by atoms with E-state index >= 15 is 0 Å². The lowest BCUT2D eigenvalue weighted by atomic mass is 9.92. The van der Waals surface area contributed by atoms with Crippen LogP contribution in [0.15, 0.2) is 6.33 Å². The Balaban J connectivity index is 3.17. The fourth-order valence-corrected chi connectivity index (χ4v) is 1.92. The number of hydrogen-bond donors (Lipinski definition) is 0. The molecule has 0 spiro atoms. The number of aromatic nitrogens is 2. The molecule has 4 heteroatoms. The molecule has 0 aromatic carbocycles. The molecule has 1 aromatic heterocycles. The van der Waals surface area contributed by atoms with Gasteiger partial charge in [0.05, 0.1) is 12.0 Å². The lowest BCUT2D eigenvalue weighted by molar-refractivity contribution is 0.557. The molecule has 1 aromatic rings. The van der Waals surface area contributed by atoms with Crippen molar-refractivity contribution in [3.63, 3.8) is 0 Å². The Kier molecular flexibility index (Phi) is 2.84. The molecular formula is C8H12BrClN2. The van der Waals surface area contributed by atoms with E-state index in [4.69, 9.17) is 11.6 Å². The Morgan fingerprint density at radius 3 is 2.58 bits per heavy atom. The zero-order chi connectivity index (χ0) is 9.35. The second-order valence-electron chi connectivity index (χ2n) is 3.51. The Labute approximate surface area is 86.1 Å². The molecule has 68 valence electrons. The van der Waals surface area contributed by atoms with E-state index in [2.05, 4.69) is 34.8 Å². The van der Waals surface area contributed by atoms with Crippen LogP contribution in [0.3, 0.4) is 0 Å². The summed E-state index contributed by atoms with van der Waals surface area (Å²) in [7, 11) is 1.96. The second-order valence-corrected chi connectivity index (χ2v) is 4.43. The second kappa shape index (κ2) is 3.38. The average molecular weight is 252 g/mol. The lowest BCUT2D eigenvalue weighted by Gasteiger charge is -2.22. The maximum atomic E-state index is 5.96. The topological polar surface area (TPSA) is 17.8 Å². The first kappa shape index (κ1) is 10.1. The van der Waals surface area contributed by atoms with Crippen LogP contribution in [0.2, 0.25) is 5.15 Å². The summed E-state index contributed by atoms with van der Waals surface area (Å²) in [6.45, 7) is 4.26. The average Bonchev–Trinajstić information content (AvgIpc) is 2.31. The molecule has 0 saturated heterocycles. The van der Waals surface area contributed by atoms with Crippen LogP contribution in [0.1, 0.15) is 19.5 Å². The molecular weight excluding hydrogens is 239 g/mol. The zero-order valence-electron chi connectivity index (χ0n) is 7.43. The zero-order valence-corrected chi connectivity index (χ0v) is 9.78. The van der Waals surface area contributed by atoms with Gasteiger partial charge in [0, 0.05) is 17.8 Å². The molecule has 0 saturated carbocycles. The molecule has 0 aliphatic heterocycles. The van der Waals surface area contributed by atoms with Gasteiger partial charge in [-0.25, -0.2) is 4.98 Å². The van der Waals surface area contributed by atoms with Crippen molar-refractivity contribution in [3.8, 4) is 0 Å². The van der Waals surface area contributed by atoms with Crippen LogP contribution < -0.4 is 0 Å². The summed E-state index contributed by atoms with van der Waals surface area (Å²) in [6.07, 6.45) is 1.74. The van der Waals surface area contributed by atoms with E-state index in [1.165, 1.54) is 0 Å². The largest absolute Gasteiger partial charge is 0.336 e. The molecule has 0 N–H and O–H groups in total. The Morgan fingerprint density at radius 1 is 1.67 bits per heavy atom. The number of nitrogens with zero attached hydrogens (tertiary/aromatic N) is 2. The maximum Gasteiger partial charge on any atom is 0.150 e. The quantitative estimate of drug-likeness (QED) is 0.739. The van der Waals surface area contributed by atoms with Crippen LogP contribution in [-0.4, -0.2) is 14.9 Å². The van der Waals surface area contributed by atoms with E-state index in [0.717, 1.165) is 11.0 Å². The maximum absolute atomic E-state index is 5.96. The summed E-state index contributed by atoms with van der Waals surface area (Å²) >= 11 is 9.42. The Morgan fingerprint density at radius 2 is 2.25 bits per heavy atom. The molecule has 0 fully saturated rings. The van der Waals surface area contributed by atoms with E-state index < -0.39 is 0 Å². The van der Waals surface area contributed by atoms with Gasteiger partial charge in [0.1, 0.15) is 0 Å². The van der Waals surface area contributed by atoms with E-state index in [-0.39, 0.29) is 5.41 Å². The third-order valence-electron chi connectivity index (χ3n) is 1.87. The van der Waals surface area contributed by atoms with E-state index in [0.29, 0.717) is 5.15 Å². The van der Waals surface area contributed by atoms with Crippen LogP contribution in [0.25, 0.3) is 0 Å². The van der Waals surface area contributed by atoms with Crippen molar-refractivity contribution in [2.45, 2.75) is 19.3 Å². The summed E-state index contributed by atoms with van der Waals surface area (Å²) in [5.41, 5.74) is 1.10. The van der Waals surface area contributed by atoms with Gasteiger partial charge in [-0.15, -0.1) is 0 Å². The highest BCUT2D eigenvalue weighted by atomic mass is 79.9. The van der Waals surface area contributed by atoms with Crippen LogP contribution >= 0.6 is 27.5 Å². The van der Waals surface area contributed by atoms with Crippen molar-refractivity contribution in [3.05, 3.63) is 17.2 Å². The van der Waals surface area contributed by atoms with Gasteiger partial charge >= 0.3 is 0 Å². The van der Waals surface area contributed by atoms with Gasteiger partial charge in [0.2, 0.25) is 0 Å². The van der Waals surface area contributed by atoms with Crippen molar-refractivity contribution in [2.75, 3.05) is 5.33 Å². The van der Waals surface area contributed by atoms with Crippen molar-refractivity contribution >= 4 is 27.5 Å². The summed E-state index contributed by atoms with van der Waals surface area (Å²) in [5.74, 6) is 0. The molecule has 0 atom stereocenters.